The van der Waals surface area contributed by atoms with E-state index in [0.29, 0.717) is 16.1 Å². The maximum Gasteiger partial charge on any atom is 0.232 e. The number of hydrogen-bond acceptors (Lipinski definition) is 4. The molecule has 2 aromatic rings. The fraction of sp³-hybridized carbons (Fsp3) is 0.350. The number of aryl methyl sites for hydroxylation is 1. The van der Waals surface area contributed by atoms with Crippen LogP contribution in [0.2, 0.25) is 5.02 Å². The van der Waals surface area contributed by atoms with Crippen molar-refractivity contribution in [2.24, 2.45) is 0 Å². The van der Waals surface area contributed by atoms with E-state index in [9.17, 15) is 10.1 Å². The van der Waals surface area contributed by atoms with E-state index in [1.54, 1.807) is 24.3 Å². The molecule has 0 radical (unpaired) electrons. The molecule has 5 heteroatoms. The van der Waals surface area contributed by atoms with Crippen molar-refractivity contribution >= 4 is 17.4 Å². The number of pyridine rings is 1. The summed E-state index contributed by atoms with van der Waals surface area (Å²) in [6.45, 7) is 1.90. The average Bonchev–Trinajstić information content (AvgIpc) is 2.65. The lowest BCUT2D eigenvalue weighted by molar-refractivity contribution is 0.0917. The molecular weight excluding hydrogens is 336 g/mol. The lowest BCUT2D eigenvalue weighted by atomic mass is 9.87. The van der Waals surface area contributed by atoms with Gasteiger partial charge < -0.3 is 4.74 Å². The number of carbonyl (C=O) groups is 1. The fourth-order valence-electron chi connectivity index (χ4n) is 3.24. The van der Waals surface area contributed by atoms with Gasteiger partial charge in [0, 0.05) is 16.3 Å². The summed E-state index contributed by atoms with van der Waals surface area (Å²) >= 11 is 5.84. The van der Waals surface area contributed by atoms with Crippen LogP contribution in [-0.2, 0) is 19.3 Å². The minimum absolute atomic E-state index is 0.148. The van der Waals surface area contributed by atoms with Gasteiger partial charge in [-0.2, -0.15) is 5.26 Å². The van der Waals surface area contributed by atoms with E-state index in [1.165, 1.54) is 5.56 Å². The van der Waals surface area contributed by atoms with Crippen LogP contribution < -0.4 is 4.74 Å². The van der Waals surface area contributed by atoms with Crippen LogP contribution in [-0.4, -0.2) is 17.4 Å². The third-order valence-corrected chi connectivity index (χ3v) is 4.77. The number of benzene rings is 1. The number of hydrogen-bond donors (Lipinski definition) is 0. The van der Waals surface area contributed by atoms with Crippen molar-refractivity contribution in [3.8, 4) is 11.9 Å². The molecule has 0 unspecified atom stereocenters. The monoisotopic (exact) mass is 354 g/mol. The van der Waals surface area contributed by atoms with Crippen molar-refractivity contribution in [2.45, 2.75) is 39.0 Å². The van der Waals surface area contributed by atoms with Crippen molar-refractivity contribution < 1.29 is 9.53 Å². The molecule has 0 saturated heterocycles. The Morgan fingerprint density at radius 3 is 2.56 bits per heavy atom. The van der Waals surface area contributed by atoms with Crippen molar-refractivity contribution in [1.82, 2.24) is 4.98 Å². The molecule has 0 saturated carbocycles. The number of ether oxygens (including phenoxy) is 1. The van der Waals surface area contributed by atoms with Gasteiger partial charge in [0.25, 0.3) is 0 Å². The van der Waals surface area contributed by atoms with Crippen molar-refractivity contribution in [2.75, 3.05) is 6.61 Å². The predicted octanol–water partition coefficient (Wildman–Crippen LogP) is 4.31. The number of nitrogens with zero attached hydrogens (tertiary/aromatic N) is 2. The lowest BCUT2D eigenvalue weighted by Gasteiger charge is -2.21. The van der Waals surface area contributed by atoms with Crippen molar-refractivity contribution in [1.29, 1.82) is 5.26 Å². The average molecular weight is 355 g/mol. The second-order valence-corrected chi connectivity index (χ2v) is 6.52. The third-order valence-electron chi connectivity index (χ3n) is 4.52. The molecule has 0 spiro atoms. The van der Waals surface area contributed by atoms with Gasteiger partial charge >= 0.3 is 0 Å². The first kappa shape index (κ1) is 17.4. The molecular formula is C20H19ClN2O2. The first-order valence-corrected chi connectivity index (χ1v) is 8.88. The third kappa shape index (κ3) is 3.67. The van der Waals surface area contributed by atoms with E-state index in [4.69, 9.17) is 16.3 Å². The molecule has 128 valence electrons. The zero-order valence-electron chi connectivity index (χ0n) is 14.1. The highest BCUT2D eigenvalue weighted by Gasteiger charge is 2.22. The quantitative estimate of drug-likeness (QED) is 0.750. The van der Waals surface area contributed by atoms with Gasteiger partial charge in [-0.15, -0.1) is 0 Å². The summed E-state index contributed by atoms with van der Waals surface area (Å²) in [5, 5.41) is 10.2. The van der Waals surface area contributed by atoms with E-state index < -0.39 is 0 Å². The van der Waals surface area contributed by atoms with Crippen LogP contribution in [0.3, 0.4) is 0 Å². The van der Waals surface area contributed by atoms with Crippen LogP contribution in [0.5, 0.6) is 5.88 Å². The molecule has 0 bridgehead atoms. The smallest absolute Gasteiger partial charge is 0.232 e. The molecule has 1 aliphatic rings. The van der Waals surface area contributed by atoms with Gasteiger partial charge in [0.1, 0.15) is 11.6 Å². The summed E-state index contributed by atoms with van der Waals surface area (Å²) in [6, 6.07) is 8.89. The Morgan fingerprint density at radius 2 is 1.92 bits per heavy atom. The van der Waals surface area contributed by atoms with Gasteiger partial charge in [-0.1, -0.05) is 18.5 Å². The molecule has 0 fully saturated rings. The first-order valence-electron chi connectivity index (χ1n) is 8.50. The Labute approximate surface area is 152 Å². The molecule has 1 aromatic carbocycles. The SMILES string of the molecule is CCc1nc(OCC(=O)c2ccc(Cl)cc2)c(C#N)c2c1CCCC2. The zero-order valence-corrected chi connectivity index (χ0v) is 14.9. The highest BCUT2D eigenvalue weighted by molar-refractivity contribution is 6.30. The highest BCUT2D eigenvalue weighted by atomic mass is 35.5. The minimum Gasteiger partial charge on any atom is -0.468 e. The fourth-order valence-corrected chi connectivity index (χ4v) is 3.37. The van der Waals surface area contributed by atoms with Crippen LogP contribution in [0.25, 0.3) is 0 Å². The molecule has 0 aliphatic heterocycles. The van der Waals surface area contributed by atoms with E-state index in [0.717, 1.165) is 43.4 Å². The largest absolute Gasteiger partial charge is 0.468 e. The summed E-state index contributed by atoms with van der Waals surface area (Å²) < 4.78 is 5.67. The van der Waals surface area contributed by atoms with E-state index >= 15 is 0 Å². The molecule has 3 rings (SSSR count). The Kier molecular flexibility index (Phi) is 5.35. The zero-order chi connectivity index (χ0) is 17.8. The molecule has 0 amide bonds. The van der Waals surface area contributed by atoms with Crippen LogP contribution in [0.4, 0.5) is 0 Å². The highest BCUT2D eigenvalue weighted by Crippen LogP contribution is 2.31. The number of ketones is 1. The summed E-state index contributed by atoms with van der Waals surface area (Å²) in [5.41, 5.74) is 4.23. The van der Waals surface area contributed by atoms with Gasteiger partial charge in [0.2, 0.25) is 5.88 Å². The van der Waals surface area contributed by atoms with Crippen LogP contribution in [0.1, 0.15) is 52.5 Å². The Balaban J connectivity index is 1.86. The maximum absolute atomic E-state index is 12.3. The summed E-state index contributed by atoms with van der Waals surface area (Å²) in [4.78, 5) is 16.8. The number of carbonyl (C=O) groups excluding carboxylic acids is 1. The Morgan fingerprint density at radius 1 is 1.24 bits per heavy atom. The van der Waals surface area contributed by atoms with Gasteiger partial charge in [0.15, 0.2) is 12.4 Å². The topological polar surface area (TPSA) is 63.0 Å². The number of Topliss-reactive ketones (excluding diaryl/α,β-unsaturated/α-hetero) is 1. The second kappa shape index (κ2) is 7.67. The Bertz CT molecular complexity index is 838. The normalized spacial score (nSPS) is 13.0. The summed E-state index contributed by atoms with van der Waals surface area (Å²) in [7, 11) is 0. The van der Waals surface area contributed by atoms with Crippen LogP contribution in [0.15, 0.2) is 24.3 Å². The first-order chi connectivity index (χ1) is 12.1. The molecule has 25 heavy (non-hydrogen) atoms. The van der Waals surface area contributed by atoms with Crippen molar-refractivity contribution in [3.63, 3.8) is 0 Å². The Hall–Kier alpha value is -2.38. The lowest BCUT2D eigenvalue weighted by Crippen LogP contribution is -2.16. The molecule has 4 nitrogen and oxygen atoms in total. The van der Waals surface area contributed by atoms with Crippen LogP contribution >= 0.6 is 11.6 Å². The van der Waals surface area contributed by atoms with Gasteiger partial charge in [0.05, 0.1) is 0 Å². The van der Waals surface area contributed by atoms with E-state index in [-0.39, 0.29) is 18.3 Å². The number of halogens is 1. The van der Waals surface area contributed by atoms with E-state index in [1.807, 2.05) is 6.92 Å². The van der Waals surface area contributed by atoms with Crippen LogP contribution in [0, 0.1) is 11.3 Å². The summed E-state index contributed by atoms with van der Waals surface area (Å²) in [5.74, 6) is 0.112. The standard InChI is InChI=1S/C20H19ClN2O2/c1-2-18-16-6-4-3-5-15(16)17(11-22)20(23-18)25-12-19(24)13-7-9-14(21)10-8-13/h7-10H,2-6,12H2,1H3. The maximum atomic E-state index is 12.3. The molecule has 1 aliphatic carbocycles. The molecule has 0 atom stereocenters. The number of fused-ring (bicyclic) bond motifs is 1. The number of aromatic nitrogens is 1. The number of nitriles is 1. The summed E-state index contributed by atoms with van der Waals surface area (Å²) in [6.07, 6.45) is 4.81. The molecule has 1 aromatic heterocycles. The second-order valence-electron chi connectivity index (χ2n) is 6.09. The number of rotatable bonds is 5. The predicted molar refractivity (Wildman–Crippen MR) is 96.2 cm³/mol. The van der Waals surface area contributed by atoms with E-state index in [2.05, 4.69) is 11.1 Å². The minimum atomic E-state index is -0.168. The van der Waals surface area contributed by atoms with Gasteiger partial charge in [-0.05, 0) is 67.5 Å². The van der Waals surface area contributed by atoms with Crippen molar-refractivity contribution in [3.05, 3.63) is 57.2 Å². The van der Waals surface area contributed by atoms with Gasteiger partial charge in [-0.25, -0.2) is 4.98 Å². The van der Waals surface area contributed by atoms with Gasteiger partial charge in [-0.3, -0.25) is 4.79 Å². The molecule has 0 N–H and O–H groups in total. The molecule has 1 heterocycles.